The standard InChI is InChI=1S/C6H12N2O/c1-6(2)5(7)8-3-4-9-6/h3-4H2,1-2H3,(H2,7,8). The van der Waals surface area contributed by atoms with E-state index in [-0.39, 0.29) is 5.60 Å². The SMILES string of the molecule is CC1(C)OCCN=C1N. The molecule has 1 aliphatic rings. The number of hydrogen-bond acceptors (Lipinski definition) is 3. The lowest BCUT2D eigenvalue weighted by molar-refractivity contribution is 0.0302. The normalized spacial score (nSPS) is 25.3. The maximum Gasteiger partial charge on any atom is 0.126 e. The van der Waals surface area contributed by atoms with Crippen LogP contribution in [0.2, 0.25) is 0 Å². The van der Waals surface area contributed by atoms with Crippen LogP contribution < -0.4 is 5.73 Å². The van der Waals surface area contributed by atoms with Crippen LogP contribution in [0.3, 0.4) is 0 Å². The van der Waals surface area contributed by atoms with E-state index in [1.165, 1.54) is 0 Å². The van der Waals surface area contributed by atoms with Crippen LogP contribution in [0.15, 0.2) is 4.99 Å². The van der Waals surface area contributed by atoms with Gasteiger partial charge in [0.15, 0.2) is 0 Å². The van der Waals surface area contributed by atoms with E-state index < -0.39 is 0 Å². The molecule has 2 N–H and O–H groups in total. The highest BCUT2D eigenvalue weighted by atomic mass is 16.5. The zero-order chi connectivity index (χ0) is 6.91. The molecule has 0 aromatic rings. The second-order valence-electron chi connectivity index (χ2n) is 2.63. The van der Waals surface area contributed by atoms with Crippen LogP contribution in [-0.2, 0) is 4.74 Å². The highest BCUT2D eigenvalue weighted by molar-refractivity contribution is 5.88. The Morgan fingerprint density at radius 1 is 1.67 bits per heavy atom. The van der Waals surface area contributed by atoms with E-state index in [0.717, 1.165) is 0 Å². The van der Waals surface area contributed by atoms with Crippen molar-refractivity contribution in [2.75, 3.05) is 13.2 Å². The van der Waals surface area contributed by atoms with Gasteiger partial charge >= 0.3 is 0 Å². The first kappa shape index (κ1) is 6.55. The van der Waals surface area contributed by atoms with Crippen molar-refractivity contribution in [2.45, 2.75) is 19.4 Å². The summed E-state index contributed by atoms with van der Waals surface area (Å²) in [4.78, 5) is 4.05. The third kappa shape index (κ3) is 1.21. The van der Waals surface area contributed by atoms with Gasteiger partial charge in [-0.2, -0.15) is 0 Å². The Bertz CT molecular complexity index is 140. The molecule has 0 unspecified atom stereocenters. The summed E-state index contributed by atoms with van der Waals surface area (Å²) in [6.45, 7) is 5.24. The van der Waals surface area contributed by atoms with Crippen molar-refractivity contribution in [3.63, 3.8) is 0 Å². The van der Waals surface area contributed by atoms with E-state index in [9.17, 15) is 0 Å². The maximum atomic E-state index is 5.54. The van der Waals surface area contributed by atoms with E-state index in [4.69, 9.17) is 10.5 Å². The zero-order valence-electron chi connectivity index (χ0n) is 5.85. The molecular formula is C6H12N2O. The summed E-state index contributed by atoms with van der Waals surface area (Å²) in [7, 11) is 0. The molecule has 0 saturated heterocycles. The van der Waals surface area contributed by atoms with Crippen LogP contribution in [-0.4, -0.2) is 24.6 Å². The van der Waals surface area contributed by atoms with Gasteiger partial charge in [0.2, 0.25) is 0 Å². The second-order valence-corrected chi connectivity index (χ2v) is 2.63. The molecule has 0 saturated carbocycles. The summed E-state index contributed by atoms with van der Waals surface area (Å²) in [5.41, 5.74) is 5.20. The Morgan fingerprint density at radius 2 is 2.33 bits per heavy atom. The predicted molar refractivity (Wildman–Crippen MR) is 36.5 cm³/mol. The average Bonchev–Trinajstić information content (AvgIpc) is 1.77. The lowest BCUT2D eigenvalue weighted by Crippen LogP contribution is -2.44. The molecule has 1 aliphatic heterocycles. The van der Waals surface area contributed by atoms with Crippen molar-refractivity contribution in [1.82, 2.24) is 0 Å². The molecule has 0 aromatic carbocycles. The van der Waals surface area contributed by atoms with Crippen molar-refractivity contribution >= 4 is 5.84 Å². The molecule has 0 atom stereocenters. The summed E-state index contributed by atoms with van der Waals surface area (Å²) in [6.07, 6.45) is 0. The number of amidine groups is 1. The lowest BCUT2D eigenvalue weighted by Gasteiger charge is -2.27. The molecule has 0 spiro atoms. The van der Waals surface area contributed by atoms with Gasteiger partial charge in [-0.25, -0.2) is 0 Å². The third-order valence-electron chi connectivity index (χ3n) is 1.45. The molecule has 3 heteroatoms. The monoisotopic (exact) mass is 128 g/mol. The number of hydrogen-bond donors (Lipinski definition) is 1. The van der Waals surface area contributed by atoms with Crippen molar-refractivity contribution in [2.24, 2.45) is 10.7 Å². The summed E-state index contributed by atoms with van der Waals surface area (Å²) >= 11 is 0. The third-order valence-corrected chi connectivity index (χ3v) is 1.45. The predicted octanol–water partition coefficient (Wildman–Crippen LogP) is 0.152. The molecular weight excluding hydrogens is 116 g/mol. The first-order chi connectivity index (χ1) is 4.13. The number of nitrogens with two attached hydrogens (primary N) is 1. The highest BCUT2D eigenvalue weighted by Crippen LogP contribution is 2.11. The maximum absolute atomic E-state index is 5.54. The van der Waals surface area contributed by atoms with Crippen LogP contribution in [0.25, 0.3) is 0 Å². The molecule has 3 nitrogen and oxygen atoms in total. The Kier molecular flexibility index (Phi) is 1.45. The summed E-state index contributed by atoms with van der Waals surface area (Å²) in [6, 6.07) is 0. The van der Waals surface area contributed by atoms with Crippen LogP contribution >= 0.6 is 0 Å². The largest absolute Gasteiger partial charge is 0.385 e. The van der Waals surface area contributed by atoms with Gasteiger partial charge in [0.1, 0.15) is 11.4 Å². The Hall–Kier alpha value is -0.570. The Morgan fingerprint density at radius 3 is 2.67 bits per heavy atom. The minimum absolute atomic E-state index is 0.335. The number of rotatable bonds is 0. The van der Waals surface area contributed by atoms with Crippen molar-refractivity contribution in [1.29, 1.82) is 0 Å². The van der Waals surface area contributed by atoms with E-state index in [1.54, 1.807) is 0 Å². The van der Waals surface area contributed by atoms with Crippen LogP contribution in [0.4, 0.5) is 0 Å². The molecule has 1 heterocycles. The van der Waals surface area contributed by atoms with Gasteiger partial charge in [-0.1, -0.05) is 0 Å². The second kappa shape index (κ2) is 1.99. The van der Waals surface area contributed by atoms with Gasteiger partial charge in [-0.05, 0) is 13.8 Å². The number of nitrogens with zero attached hydrogens (tertiary/aromatic N) is 1. The van der Waals surface area contributed by atoms with E-state index in [2.05, 4.69) is 4.99 Å². The van der Waals surface area contributed by atoms with Gasteiger partial charge in [-0.15, -0.1) is 0 Å². The molecule has 0 radical (unpaired) electrons. The average molecular weight is 128 g/mol. The molecule has 0 fully saturated rings. The minimum atomic E-state index is -0.335. The molecule has 9 heavy (non-hydrogen) atoms. The first-order valence-electron chi connectivity index (χ1n) is 3.07. The van der Waals surface area contributed by atoms with E-state index in [0.29, 0.717) is 19.0 Å². The first-order valence-corrected chi connectivity index (χ1v) is 3.07. The minimum Gasteiger partial charge on any atom is -0.385 e. The van der Waals surface area contributed by atoms with Crippen molar-refractivity contribution < 1.29 is 4.74 Å². The van der Waals surface area contributed by atoms with Gasteiger partial charge < -0.3 is 10.5 Å². The van der Waals surface area contributed by atoms with Gasteiger partial charge in [0, 0.05) is 0 Å². The van der Waals surface area contributed by atoms with Gasteiger partial charge in [0.05, 0.1) is 13.2 Å². The molecule has 0 aliphatic carbocycles. The molecule has 0 bridgehead atoms. The zero-order valence-corrected chi connectivity index (χ0v) is 5.85. The molecule has 0 aromatic heterocycles. The summed E-state index contributed by atoms with van der Waals surface area (Å²) in [5.74, 6) is 0.605. The van der Waals surface area contributed by atoms with E-state index in [1.807, 2.05) is 13.8 Å². The summed E-state index contributed by atoms with van der Waals surface area (Å²) in [5, 5.41) is 0. The van der Waals surface area contributed by atoms with Gasteiger partial charge in [-0.3, -0.25) is 4.99 Å². The fourth-order valence-corrected chi connectivity index (χ4v) is 0.731. The van der Waals surface area contributed by atoms with Crippen molar-refractivity contribution in [3.05, 3.63) is 0 Å². The van der Waals surface area contributed by atoms with Crippen molar-refractivity contribution in [3.8, 4) is 0 Å². The summed E-state index contributed by atoms with van der Waals surface area (Å²) < 4.78 is 5.32. The highest BCUT2D eigenvalue weighted by Gasteiger charge is 2.25. The quantitative estimate of drug-likeness (QED) is 0.505. The van der Waals surface area contributed by atoms with Crippen LogP contribution in [0, 0.1) is 0 Å². The Balaban J connectivity index is 2.73. The van der Waals surface area contributed by atoms with Crippen LogP contribution in [0.5, 0.6) is 0 Å². The Labute approximate surface area is 54.9 Å². The van der Waals surface area contributed by atoms with Crippen LogP contribution in [0.1, 0.15) is 13.8 Å². The molecule has 1 rings (SSSR count). The molecule has 52 valence electrons. The fraction of sp³-hybridized carbons (Fsp3) is 0.833. The fourth-order valence-electron chi connectivity index (χ4n) is 0.731. The van der Waals surface area contributed by atoms with E-state index >= 15 is 0 Å². The lowest BCUT2D eigenvalue weighted by atomic mass is 10.1. The van der Waals surface area contributed by atoms with Gasteiger partial charge in [0.25, 0.3) is 0 Å². The molecule has 0 amide bonds. The number of aliphatic imine (C=N–C) groups is 1. The topological polar surface area (TPSA) is 47.6 Å². The smallest absolute Gasteiger partial charge is 0.126 e. The number of ether oxygens (including phenoxy) is 1.